The topological polar surface area (TPSA) is 0 Å². The van der Waals surface area contributed by atoms with E-state index in [0.29, 0.717) is 11.8 Å². The van der Waals surface area contributed by atoms with Crippen molar-refractivity contribution in [3.63, 3.8) is 0 Å². The molecule has 0 bridgehead atoms. The summed E-state index contributed by atoms with van der Waals surface area (Å²) in [6.45, 7) is 9.03. The van der Waals surface area contributed by atoms with Gasteiger partial charge in [-0.05, 0) is 34.1 Å². The normalized spacial score (nSPS) is 11.2. The highest BCUT2D eigenvalue weighted by Gasteiger charge is 2.08. The molecule has 0 saturated heterocycles. The van der Waals surface area contributed by atoms with Crippen molar-refractivity contribution in [1.29, 1.82) is 0 Å². The van der Waals surface area contributed by atoms with Gasteiger partial charge in [-0.2, -0.15) is 0 Å². The maximum absolute atomic E-state index is 2.35. The van der Waals surface area contributed by atoms with E-state index in [1.807, 2.05) is 0 Å². The Balaban J connectivity index is 2.54. The Morgan fingerprint density at radius 3 is 1.56 bits per heavy atom. The second kappa shape index (κ2) is 5.39. The highest BCUT2D eigenvalue weighted by molar-refractivity contribution is 5.65. The molecule has 2 rings (SSSR count). The van der Waals surface area contributed by atoms with Crippen molar-refractivity contribution in [3.8, 4) is 11.1 Å². The summed E-state index contributed by atoms with van der Waals surface area (Å²) in [7, 11) is 0. The summed E-state index contributed by atoms with van der Waals surface area (Å²) in [5.41, 5.74) is 5.51. The molecule has 0 heterocycles. The van der Waals surface area contributed by atoms with Crippen molar-refractivity contribution < 1.29 is 0 Å². The highest BCUT2D eigenvalue weighted by Crippen LogP contribution is 2.28. The number of hydrogen-bond acceptors (Lipinski definition) is 0. The number of benzene rings is 2. The first-order valence-corrected chi connectivity index (χ1v) is 6.78. The molecule has 0 spiro atoms. The van der Waals surface area contributed by atoms with Crippen LogP contribution in [0.3, 0.4) is 0 Å². The van der Waals surface area contributed by atoms with Crippen molar-refractivity contribution in [1.82, 2.24) is 0 Å². The lowest BCUT2D eigenvalue weighted by Crippen LogP contribution is -1.94. The lowest BCUT2D eigenvalue weighted by Gasteiger charge is -2.14. The second-order valence-corrected chi connectivity index (χ2v) is 5.56. The summed E-state index contributed by atoms with van der Waals surface area (Å²) in [5, 5.41) is 0. The summed E-state index contributed by atoms with van der Waals surface area (Å²) < 4.78 is 0. The predicted octanol–water partition coefficient (Wildman–Crippen LogP) is 5.60. The molecule has 2 aromatic carbocycles. The summed E-state index contributed by atoms with van der Waals surface area (Å²) in [6, 6.07) is 17.6. The molecule has 18 heavy (non-hydrogen) atoms. The van der Waals surface area contributed by atoms with E-state index >= 15 is 0 Å². The van der Waals surface area contributed by atoms with Gasteiger partial charge < -0.3 is 0 Å². The molecule has 0 aliphatic rings. The molecule has 0 aliphatic carbocycles. The zero-order valence-corrected chi connectivity index (χ0v) is 11.8. The largest absolute Gasteiger partial charge is 0.0622 e. The Kier molecular flexibility index (Phi) is 3.86. The Hall–Kier alpha value is -1.56. The highest BCUT2D eigenvalue weighted by atomic mass is 14.1. The van der Waals surface area contributed by atoms with E-state index in [-0.39, 0.29) is 0 Å². The molecular formula is C18H22. The molecule has 0 N–H and O–H groups in total. The van der Waals surface area contributed by atoms with E-state index in [2.05, 4.69) is 76.2 Å². The van der Waals surface area contributed by atoms with Gasteiger partial charge in [0.05, 0.1) is 0 Å². The molecule has 0 nitrogen and oxygen atoms in total. The minimum Gasteiger partial charge on any atom is -0.0622 e. The van der Waals surface area contributed by atoms with E-state index in [1.165, 1.54) is 22.3 Å². The van der Waals surface area contributed by atoms with Gasteiger partial charge in [0, 0.05) is 0 Å². The van der Waals surface area contributed by atoms with Crippen molar-refractivity contribution in [2.24, 2.45) is 0 Å². The summed E-state index contributed by atoms with van der Waals surface area (Å²) in [4.78, 5) is 0. The molecule has 0 radical (unpaired) electrons. The van der Waals surface area contributed by atoms with Gasteiger partial charge in [0.2, 0.25) is 0 Å². The van der Waals surface area contributed by atoms with Crippen molar-refractivity contribution in [2.75, 3.05) is 0 Å². The van der Waals surface area contributed by atoms with Crippen LogP contribution in [-0.2, 0) is 0 Å². The zero-order chi connectivity index (χ0) is 13.1. The average molecular weight is 238 g/mol. The van der Waals surface area contributed by atoms with Gasteiger partial charge in [0.15, 0.2) is 0 Å². The Morgan fingerprint density at radius 1 is 0.611 bits per heavy atom. The molecule has 0 fully saturated rings. The van der Waals surface area contributed by atoms with Crippen LogP contribution in [0.25, 0.3) is 11.1 Å². The SMILES string of the molecule is CC(C)c1cc(-c2ccccc2)cc(C(C)C)c1. The van der Waals surface area contributed by atoms with Crippen LogP contribution in [0, 0.1) is 0 Å². The first-order valence-electron chi connectivity index (χ1n) is 6.78. The molecule has 0 amide bonds. The first kappa shape index (κ1) is 12.9. The standard InChI is InChI=1S/C18H22/c1-13(2)16-10-17(14(3)4)12-18(11-16)15-8-6-5-7-9-15/h5-14H,1-4H3. The molecule has 0 aromatic heterocycles. The fourth-order valence-corrected chi connectivity index (χ4v) is 2.14. The fourth-order valence-electron chi connectivity index (χ4n) is 2.14. The van der Waals surface area contributed by atoms with Gasteiger partial charge in [0.25, 0.3) is 0 Å². The minimum absolute atomic E-state index is 0.575. The minimum atomic E-state index is 0.575. The predicted molar refractivity (Wildman–Crippen MR) is 80.1 cm³/mol. The fraction of sp³-hybridized carbons (Fsp3) is 0.333. The maximum Gasteiger partial charge on any atom is -0.0178 e. The van der Waals surface area contributed by atoms with Crippen LogP contribution in [0.15, 0.2) is 48.5 Å². The van der Waals surface area contributed by atoms with Crippen molar-refractivity contribution >= 4 is 0 Å². The maximum atomic E-state index is 2.35. The summed E-state index contributed by atoms with van der Waals surface area (Å²) >= 11 is 0. The Labute approximate surface area is 111 Å². The summed E-state index contributed by atoms with van der Waals surface area (Å²) in [5.74, 6) is 1.15. The van der Waals surface area contributed by atoms with Crippen LogP contribution < -0.4 is 0 Å². The third-order valence-corrected chi connectivity index (χ3v) is 3.42. The lowest BCUT2D eigenvalue weighted by molar-refractivity contribution is 0.834. The molecule has 0 unspecified atom stereocenters. The summed E-state index contributed by atoms with van der Waals surface area (Å²) in [6.07, 6.45) is 0. The van der Waals surface area contributed by atoms with Gasteiger partial charge in [-0.1, -0.05) is 76.2 Å². The van der Waals surface area contributed by atoms with E-state index in [4.69, 9.17) is 0 Å². The van der Waals surface area contributed by atoms with E-state index in [1.54, 1.807) is 0 Å². The third-order valence-electron chi connectivity index (χ3n) is 3.42. The second-order valence-electron chi connectivity index (χ2n) is 5.56. The molecule has 94 valence electrons. The van der Waals surface area contributed by atoms with Crippen molar-refractivity contribution in [2.45, 2.75) is 39.5 Å². The van der Waals surface area contributed by atoms with Crippen LogP contribution in [0.4, 0.5) is 0 Å². The molecule has 0 aliphatic heterocycles. The van der Waals surface area contributed by atoms with Gasteiger partial charge in [0.1, 0.15) is 0 Å². The van der Waals surface area contributed by atoms with Gasteiger partial charge >= 0.3 is 0 Å². The van der Waals surface area contributed by atoms with Gasteiger partial charge in [-0.3, -0.25) is 0 Å². The monoisotopic (exact) mass is 238 g/mol. The van der Waals surface area contributed by atoms with Gasteiger partial charge in [-0.15, -0.1) is 0 Å². The molecular weight excluding hydrogens is 216 g/mol. The van der Waals surface area contributed by atoms with E-state index in [9.17, 15) is 0 Å². The smallest absolute Gasteiger partial charge is 0.0178 e. The molecule has 0 saturated carbocycles. The van der Waals surface area contributed by atoms with E-state index < -0.39 is 0 Å². The number of rotatable bonds is 3. The quantitative estimate of drug-likeness (QED) is 0.653. The van der Waals surface area contributed by atoms with Crippen LogP contribution in [0.5, 0.6) is 0 Å². The van der Waals surface area contributed by atoms with E-state index in [0.717, 1.165) is 0 Å². The van der Waals surface area contributed by atoms with Crippen molar-refractivity contribution in [3.05, 3.63) is 59.7 Å². The van der Waals surface area contributed by atoms with Crippen LogP contribution in [0.1, 0.15) is 50.7 Å². The molecule has 0 atom stereocenters. The van der Waals surface area contributed by atoms with Crippen LogP contribution >= 0.6 is 0 Å². The Morgan fingerprint density at radius 2 is 1.11 bits per heavy atom. The zero-order valence-electron chi connectivity index (χ0n) is 11.8. The molecule has 0 heteroatoms. The lowest BCUT2D eigenvalue weighted by atomic mass is 9.91. The number of hydrogen-bond donors (Lipinski definition) is 0. The van der Waals surface area contributed by atoms with Crippen LogP contribution in [0.2, 0.25) is 0 Å². The molecule has 2 aromatic rings. The van der Waals surface area contributed by atoms with Crippen LogP contribution in [-0.4, -0.2) is 0 Å². The Bertz CT molecular complexity index is 481. The first-order chi connectivity index (χ1) is 8.58. The third kappa shape index (κ3) is 2.81. The average Bonchev–Trinajstić information content (AvgIpc) is 2.39. The van der Waals surface area contributed by atoms with Gasteiger partial charge in [-0.25, -0.2) is 0 Å².